The Hall–Kier alpha value is -0.900. The maximum Gasteiger partial charge on any atom is 0.175 e. The smallest absolute Gasteiger partial charge is 0.175 e. The van der Waals surface area contributed by atoms with Crippen molar-refractivity contribution in [3.8, 4) is 0 Å². The van der Waals surface area contributed by atoms with E-state index in [2.05, 4.69) is 25.9 Å². The first-order valence-corrected chi connectivity index (χ1v) is 3.86. The number of hydrogen-bond acceptors (Lipinski definition) is 1. The van der Waals surface area contributed by atoms with Gasteiger partial charge in [-0.05, 0) is 28.1 Å². The molecule has 1 N–H and O–H groups in total. The van der Waals surface area contributed by atoms with Crippen molar-refractivity contribution in [2.45, 2.75) is 0 Å². The minimum absolute atomic E-state index is 0.301. The SMILES string of the molecule is Fc1cccc2[nH]c(Br)nc12. The number of H-pyrrole nitrogens is 1. The third kappa shape index (κ3) is 1.03. The Balaban J connectivity index is 2.90. The highest BCUT2D eigenvalue weighted by Crippen LogP contribution is 2.16. The van der Waals surface area contributed by atoms with Crippen LogP contribution in [0, 0.1) is 5.82 Å². The van der Waals surface area contributed by atoms with E-state index in [1.54, 1.807) is 12.1 Å². The average molecular weight is 215 g/mol. The summed E-state index contributed by atoms with van der Waals surface area (Å²) < 4.78 is 13.4. The lowest BCUT2D eigenvalue weighted by Crippen LogP contribution is -1.75. The van der Waals surface area contributed by atoms with Gasteiger partial charge in [0, 0.05) is 0 Å². The molecule has 1 aromatic carbocycles. The van der Waals surface area contributed by atoms with Crippen LogP contribution in [0.4, 0.5) is 4.39 Å². The number of aromatic amines is 1. The van der Waals surface area contributed by atoms with Crippen molar-refractivity contribution in [3.05, 3.63) is 28.7 Å². The Labute approximate surface area is 70.6 Å². The summed E-state index contributed by atoms with van der Waals surface area (Å²) in [4.78, 5) is 6.76. The molecule has 0 saturated carbocycles. The molecule has 0 saturated heterocycles. The van der Waals surface area contributed by atoms with Crippen LogP contribution in [-0.2, 0) is 0 Å². The van der Waals surface area contributed by atoms with E-state index >= 15 is 0 Å². The fourth-order valence-corrected chi connectivity index (χ4v) is 1.36. The maximum atomic E-state index is 12.9. The van der Waals surface area contributed by atoms with E-state index in [0.29, 0.717) is 15.8 Å². The third-order valence-corrected chi connectivity index (χ3v) is 1.81. The summed E-state index contributed by atoms with van der Waals surface area (Å²) >= 11 is 3.13. The van der Waals surface area contributed by atoms with Crippen molar-refractivity contribution in [2.75, 3.05) is 0 Å². The summed E-state index contributed by atoms with van der Waals surface area (Å²) in [5, 5.41) is 0. The van der Waals surface area contributed by atoms with Gasteiger partial charge in [0.15, 0.2) is 10.6 Å². The van der Waals surface area contributed by atoms with Crippen LogP contribution in [0.1, 0.15) is 0 Å². The summed E-state index contributed by atoms with van der Waals surface area (Å²) in [6, 6.07) is 4.80. The van der Waals surface area contributed by atoms with Gasteiger partial charge in [-0.25, -0.2) is 9.37 Å². The van der Waals surface area contributed by atoms with Crippen LogP contribution >= 0.6 is 15.9 Å². The van der Waals surface area contributed by atoms with Crippen molar-refractivity contribution in [1.29, 1.82) is 0 Å². The highest BCUT2D eigenvalue weighted by molar-refractivity contribution is 9.10. The Kier molecular flexibility index (Phi) is 1.42. The fourth-order valence-electron chi connectivity index (χ4n) is 0.967. The number of fused-ring (bicyclic) bond motifs is 1. The lowest BCUT2D eigenvalue weighted by atomic mass is 10.3. The largest absolute Gasteiger partial charge is 0.332 e. The monoisotopic (exact) mass is 214 g/mol. The molecule has 11 heavy (non-hydrogen) atoms. The van der Waals surface area contributed by atoms with Gasteiger partial charge in [-0.3, -0.25) is 0 Å². The second-order valence-corrected chi connectivity index (χ2v) is 2.91. The second-order valence-electron chi connectivity index (χ2n) is 2.16. The maximum absolute atomic E-state index is 12.9. The summed E-state index contributed by atoms with van der Waals surface area (Å²) in [6.45, 7) is 0. The van der Waals surface area contributed by atoms with Crippen molar-refractivity contribution in [2.24, 2.45) is 0 Å². The molecular weight excluding hydrogens is 211 g/mol. The number of hydrogen-bond donors (Lipinski definition) is 1. The van der Waals surface area contributed by atoms with Gasteiger partial charge in [0.05, 0.1) is 5.52 Å². The predicted octanol–water partition coefficient (Wildman–Crippen LogP) is 2.46. The number of aromatic nitrogens is 2. The average Bonchev–Trinajstić information content (AvgIpc) is 2.31. The molecule has 2 nitrogen and oxygen atoms in total. The van der Waals surface area contributed by atoms with Gasteiger partial charge in [-0.2, -0.15) is 0 Å². The Morgan fingerprint density at radius 3 is 3.00 bits per heavy atom. The van der Waals surface area contributed by atoms with Crippen LogP contribution in [0.2, 0.25) is 0 Å². The van der Waals surface area contributed by atoms with Crippen LogP contribution in [0.25, 0.3) is 11.0 Å². The van der Waals surface area contributed by atoms with E-state index in [4.69, 9.17) is 0 Å². The number of halogens is 2. The summed E-state index contributed by atoms with van der Waals surface area (Å²) in [5.74, 6) is -0.301. The summed E-state index contributed by atoms with van der Waals surface area (Å²) in [6.07, 6.45) is 0. The molecule has 0 aliphatic rings. The van der Waals surface area contributed by atoms with Gasteiger partial charge in [0.2, 0.25) is 0 Å². The van der Waals surface area contributed by atoms with Gasteiger partial charge >= 0.3 is 0 Å². The summed E-state index contributed by atoms with van der Waals surface area (Å²) in [7, 11) is 0. The predicted molar refractivity (Wildman–Crippen MR) is 43.8 cm³/mol. The zero-order valence-corrected chi connectivity index (χ0v) is 7.02. The molecular formula is C7H4BrFN2. The van der Waals surface area contributed by atoms with E-state index in [9.17, 15) is 4.39 Å². The molecule has 1 heterocycles. The first kappa shape index (κ1) is 6.79. The number of benzene rings is 1. The van der Waals surface area contributed by atoms with E-state index in [1.807, 2.05) is 0 Å². The molecule has 4 heteroatoms. The van der Waals surface area contributed by atoms with E-state index in [1.165, 1.54) is 6.07 Å². The molecule has 0 unspecified atom stereocenters. The molecule has 0 aliphatic carbocycles. The van der Waals surface area contributed by atoms with Gasteiger partial charge in [-0.1, -0.05) is 6.07 Å². The lowest BCUT2D eigenvalue weighted by Gasteiger charge is -1.86. The first-order valence-electron chi connectivity index (χ1n) is 3.07. The van der Waals surface area contributed by atoms with E-state index in [-0.39, 0.29) is 5.82 Å². The minimum atomic E-state index is -0.301. The number of nitrogens with zero attached hydrogens (tertiary/aromatic N) is 1. The van der Waals surface area contributed by atoms with Crippen LogP contribution in [-0.4, -0.2) is 9.97 Å². The third-order valence-electron chi connectivity index (χ3n) is 1.43. The van der Waals surface area contributed by atoms with Gasteiger partial charge < -0.3 is 4.98 Å². The molecule has 0 amide bonds. The molecule has 56 valence electrons. The molecule has 0 atom stereocenters. The number of rotatable bonds is 0. The zero-order valence-electron chi connectivity index (χ0n) is 5.44. The Bertz CT molecular complexity index is 396. The molecule has 2 aromatic rings. The topological polar surface area (TPSA) is 28.7 Å². The second kappa shape index (κ2) is 2.30. The molecule has 0 spiro atoms. The molecule has 1 aromatic heterocycles. The molecule has 2 rings (SSSR count). The lowest BCUT2D eigenvalue weighted by molar-refractivity contribution is 0.637. The highest BCUT2D eigenvalue weighted by atomic mass is 79.9. The Morgan fingerprint density at radius 2 is 2.27 bits per heavy atom. The van der Waals surface area contributed by atoms with Crippen LogP contribution < -0.4 is 0 Å². The first-order chi connectivity index (χ1) is 5.27. The van der Waals surface area contributed by atoms with Crippen LogP contribution in [0.15, 0.2) is 22.9 Å². The fraction of sp³-hybridized carbons (Fsp3) is 0. The molecule has 0 fully saturated rings. The summed E-state index contributed by atoms with van der Waals surface area (Å²) in [5.41, 5.74) is 1.08. The van der Waals surface area contributed by atoms with Gasteiger partial charge in [0.1, 0.15) is 5.52 Å². The standard InChI is InChI=1S/C7H4BrFN2/c8-7-10-5-3-1-2-4(9)6(5)11-7/h1-3H,(H,10,11). The Morgan fingerprint density at radius 1 is 1.45 bits per heavy atom. The number of imidazole rings is 1. The van der Waals surface area contributed by atoms with Crippen LogP contribution in [0.5, 0.6) is 0 Å². The minimum Gasteiger partial charge on any atom is -0.332 e. The van der Waals surface area contributed by atoms with Crippen LogP contribution in [0.3, 0.4) is 0 Å². The van der Waals surface area contributed by atoms with E-state index in [0.717, 1.165) is 0 Å². The molecule has 0 radical (unpaired) electrons. The molecule has 0 bridgehead atoms. The quantitative estimate of drug-likeness (QED) is 0.718. The van der Waals surface area contributed by atoms with Gasteiger partial charge in [0.25, 0.3) is 0 Å². The molecule has 0 aliphatic heterocycles. The van der Waals surface area contributed by atoms with Crippen molar-refractivity contribution >= 4 is 27.0 Å². The normalized spacial score (nSPS) is 10.7. The van der Waals surface area contributed by atoms with Crippen molar-refractivity contribution < 1.29 is 4.39 Å². The number of nitrogens with one attached hydrogen (secondary N) is 1. The van der Waals surface area contributed by atoms with Crippen molar-refractivity contribution in [1.82, 2.24) is 9.97 Å². The zero-order chi connectivity index (χ0) is 7.84. The highest BCUT2D eigenvalue weighted by Gasteiger charge is 2.03. The number of para-hydroxylation sites is 1. The van der Waals surface area contributed by atoms with Crippen molar-refractivity contribution in [3.63, 3.8) is 0 Å². The van der Waals surface area contributed by atoms with Gasteiger partial charge in [-0.15, -0.1) is 0 Å². The van der Waals surface area contributed by atoms with E-state index < -0.39 is 0 Å².